The number of fused-ring (bicyclic) bond motifs is 1. The highest BCUT2D eigenvalue weighted by molar-refractivity contribution is 5.81. The minimum Gasteiger partial charge on any atom is -0.378 e. The summed E-state index contributed by atoms with van der Waals surface area (Å²) in [5.41, 5.74) is 6.09. The van der Waals surface area contributed by atoms with Gasteiger partial charge in [0.2, 0.25) is 5.95 Å². The number of nitrogens with one attached hydrogen (secondary N) is 1. The van der Waals surface area contributed by atoms with Gasteiger partial charge in [0, 0.05) is 36.2 Å². The summed E-state index contributed by atoms with van der Waals surface area (Å²) in [4.78, 5) is 11.6. The molecule has 1 N–H and O–H groups in total. The fourth-order valence-electron chi connectivity index (χ4n) is 4.28. The molecule has 1 aliphatic rings. The van der Waals surface area contributed by atoms with Crippen molar-refractivity contribution >= 4 is 28.4 Å². The maximum absolute atomic E-state index is 5.45. The summed E-state index contributed by atoms with van der Waals surface area (Å²) in [6.45, 7) is 3.38. The van der Waals surface area contributed by atoms with Crippen LogP contribution in [-0.4, -0.2) is 46.1 Å². The lowest BCUT2D eigenvalue weighted by Crippen LogP contribution is -2.36. The maximum Gasteiger partial charge on any atom is 0.229 e. The largest absolute Gasteiger partial charge is 0.378 e. The zero-order chi connectivity index (χ0) is 22.7. The SMILES string of the molecule is c1ccc(-c2ccccc2-n2ncc3cnc(Nc4ccc(N5CCOCC5)cc4)nc32)cc1. The van der Waals surface area contributed by atoms with Crippen LogP contribution in [0.2, 0.25) is 0 Å². The second kappa shape index (κ2) is 8.96. The lowest BCUT2D eigenvalue weighted by molar-refractivity contribution is 0.122. The number of nitrogens with zero attached hydrogens (tertiary/aromatic N) is 5. The first-order chi connectivity index (χ1) is 16.8. The minimum absolute atomic E-state index is 0.533. The normalized spacial score (nSPS) is 13.8. The van der Waals surface area contributed by atoms with Gasteiger partial charge in [0.15, 0.2) is 5.65 Å². The molecule has 0 amide bonds. The van der Waals surface area contributed by atoms with Gasteiger partial charge in [-0.1, -0.05) is 48.5 Å². The van der Waals surface area contributed by atoms with Crippen LogP contribution in [0.5, 0.6) is 0 Å². The number of benzene rings is 3. The van der Waals surface area contributed by atoms with E-state index in [2.05, 4.69) is 68.8 Å². The summed E-state index contributed by atoms with van der Waals surface area (Å²) in [5, 5.41) is 8.85. The summed E-state index contributed by atoms with van der Waals surface area (Å²) in [5.74, 6) is 0.533. The van der Waals surface area contributed by atoms with E-state index < -0.39 is 0 Å². The van der Waals surface area contributed by atoms with E-state index >= 15 is 0 Å². The molecule has 7 heteroatoms. The van der Waals surface area contributed by atoms with Gasteiger partial charge in [0.1, 0.15) is 0 Å². The summed E-state index contributed by atoms with van der Waals surface area (Å²) in [6, 6.07) is 26.9. The summed E-state index contributed by atoms with van der Waals surface area (Å²) in [7, 11) is 0. The zero-order valence-corrected chi connectivity index (χ0v) is 18.6. The molecule has 1 fully saturated rings. The number of rotatable bonds is 5. The Bertz CT molecular complexity index is 1410. The van der Waals surface area contributed by atoms with Crippen LogP contribution >= 0.6 is 0 Å². The molecule has 3 heterocycles. The Morgan fingerprint density at radius 1 is 0.794 bits per heavy atom. The Balaban J connectivity index is 1.31. The first kappa shape index (κ1) is 20.4. The highest BCUT2D eigenvalue weighted by atomic mass is 16.5. The number of hydrogen-bond donors (Lipinski definition) is 1. The van der Waals surface area contributed by atoms with Crippen molar-refractivity contribution in [3.8, 4) is 16.8 Å². The van der Waals surface area contributed by atoms with E-state index in [0.717, 1.165) is 59.8 Å². The molecule has 0 unspecified atom stereocenters. The third kappa shape index (κ3) is 3.97. The fraction of sp³-hybridized carbons (Fsp3) is 0.148. The first-order valence-electron chi connectivity index (χ1n) is 11.4. The van der Waals surface area contributed by atoms with Crippen LogP contribution in [0.25, 0.3) is 27.8 Å². The number of hydrogen-bond acceptors (Lipinski definition) is 6. The van der Waals surface area contributed by atoms with Crippen LogP contribution in [0.4, 0.5) is 17.3 Å². The van der Waals surface area contributed by atoms with Gasteiger partial charge in [0.05, 0.1) is 30.5 Å². The van der Waals surface area contributed by atoms with Crippen LogP contribution in [-0.2, 0) is 4.74 Å². The van der Waals surface area contributed by atoms with Crippen molar-refractivity contribution in [3.05, 3.63) is 91.3 Å². The molecule has 5 aromatic rings. The molecule has 0 aliphatic carbocycles. The highest BCUT2D eigenvalue weighted by Crippen LogP contribution is 2.28. The van der Waals surface area contributed by atoms with Gasteiger partial charge in [-0.3, -0.25) is 0 Å². The smallest absolute Gasteiger partial charge is 0.229 e. The number of para-hydroxylation sites is 1. The molecule has 2 aromatic heterocycles. The van der Waals surface area contributed by atoms with Gasteiger partial charge in [-0.05, 0) is 35.9 Å². The van der Waals surface area contributed by atoms with Crippen molar-refractivity contribution < 1.29 is 4.74 Å². The Labute approximate surface area is 197 Å². The molecule has 0 bridgehead atoms. The molecule has 0 radical (unpaired) electrons. The standard InChI is InChI=1S/C27H24N6O/c1-2-6-20(7-3-1)24-8-4-5-9-25(24)33-26-21(19-29-33)18-28-27(31-26)30-22-10-12-23(13-11-22)32-14-16-34-17-15-32/h1-13,18-19H,14-17H2,(H,28,30,31). The summed E-state index contributed by atoms with van der Waals surface area (Å²) < 4.78 is 7.33. The van der Waals surface area contributed by atoms with Gasteiger partial charge in [-0.2, -0.15) is 10.1 Å². The third-order valence-corrected chi connectivity index (χ3v) is 6.03. The zero-order valence-electron chi connectivity index (χ0n) is 18.6. The Morgan fingerprint density at radius 3 is 2.38 bits per heavy atom. The molecule has 34 heavy (non-hydrogen) atoms. The van der Waals surface area contributed by atoms with Crippen molar-refractivity contribution in [2.75, 3.05) is 36.5 Å². The van der Waals surface area contributed by atoms with E-state index in [1.54, 1.807) is 12.4 Å². The Hall–Kier alpha value is -4.23. The van der Waals surface area contributed by atoms with Crippen LogP contribution in [0, 0.1) is 0 Å². The van der Waals surface area contributed by atoms with Crippen molar-refractivity contribution in [1.29, 1.82) is 0 Å². The third-order valence-electron chi connectivity index (χ3n) is 6.03. The molecule has 1 aliphatic heterocycles. The van der Waals surface area contributed by atoms with E-state index in [-0.39, 0.29) is 0 Å². The second-order valence-electron chi connectivity index (χ2n) is 8.18. The van der Waals surface area contributed by atoms with Crippen LogP contribution in [0.1, 0.15) is 0 Å². The van der Waals surface area contributed by atoms with Gasteiger partial charge in [-0.15, -0.1) is 0 Å². The summed E-state index contributed by atoms with van der Waals surface area (Å²) in [6.07, 6.45) is 3.61. The molecule has 3 aromatic carbocycles. The average Bonchev–Trinajstić information content (AvgIpc) is 3.33. The molecular weight excluding hydrogens is 424 g/mol. The lowest BCUT2D eigenvalue weighted by atomic mass is 10.0. The van der Waals surface area contributed by atoms with E-state index in [4.69, 9.17) is 9.72 Å². The number of anilines is 3. The Kier molecular flexibility index (Phi) is 5.37. The molecule has 0 saturated carbocycles. The highest BCUT2D eigenvalue weighted by Gasteiger charge is 2.14. The van der Waals surface area contributed by atoms with Crippen molar-refractivity contribution in [1.82, 2.24) is 19.7 Å². The van der Waals surface area contributed by atoms with E-state index in [1.807, 2.05) is 35.0 Å². The quantitative estimate of drug-likeness (QED) is 0.405. The van der Waals surface area contributed by atoms with Gasteiger partial charge in [-0.25, -0.2) is 9.67 Å². The molecule has 7 nitrogen and oxygen atoms in total. The summed E-state index contributed by atoms with van der Waals surface area (Å²) >= 11 is 0. The number of ether oxygens (including phenoxy) is 1. The maximum atomic E-state index is 5.45. The lowest BCUT2D eigenvalue weighted by Gasteiger charge is -2.28. The topological polar surface area (TPSA) is 68.1 Å². The predicted octanol–water partition coefficient (Wildman–Crippen LogP) is 5.06. The van der Waals surface area contributed by atoms with Gasteiger partial charge < -0.3 is 15.0 Å². The molecule has 6 rings (SSSR count). The van der Waals surface area contributed by atoms with Crippen LogP contribution in [0.15, 0.2) is 91.3 Å². The second-order valence-corrected chi connectivity index (χ2v) is 8.18. The van der Waals surface area contributed by atoms with Gasteiger partial charge >= 0.3 is 0 Å². The van der Waals surface area contributed by atoms with Crippen molar-refractivity contribution in [2.45, 2.75) is 0 Å². The molecule has 168 valence electrons. The Morgan fingerprint density at radius 2 is 1.56 bits per heavy atom. The van der Waals surface area contributed by atoms with Gasteiger partial charge in [0.25, 0.3) is 0 Å². The van der Waals surface area contributed by atoms with Crippen molar-refractivity contribution in [2.24, 2.45) is 0 Å². The molecule has 0 atom stereocenters. The predicted molar refractivity (Wildman–Crippen MR) is 135 cm³/mol. The first-order valence-corrected chi connectivity index (χ1v) is 11.4. The van der Waals surface area contributed by atoms with E-state index in [9.17, 15) is 0 Å². The van der Waals surface area contributed by atoms with E-state index in [1.165, 1.54) is 5.69 Å². The average molecular weight is 449 g/mol. The fourth-order valence-corrected chi connectivity index (χ4v) is 4.28. The number of morpholine rings is 1. The molecule has 1 saturated heterocycles. The minimum atomic E-state index is 0.533. The van der Waals surface area contributed by atoms with Crippen LogP contribution < -0.4 is 10.2 Å². The van der Waals surface area contributed by atoms with Crippen molar-refractivity contribution in [3.63, 3.8) is 0 Å². The number of aromatic nitrogens is 4. The van der Waals surface area contributed by atoms with E-state index in [0.29, 0.717) is 5.95 Å². The van der Waals surface area contributed by atoms with Crippen LogP contribution in [0.3, 0.4) is 0 Å². The monoisotopic (exact) mass is 448 g/mol. The molecule has 0 spiro atoms. The molecular formula is C27H24N6O.